The fraction of sp³-hybridized carbons (Fsp3) is 0.130. The molecular formula is C23H17ClFN3O2S3. The van der Waals surface area contributed by atoms with Gasteiger partial charge < -0.3 is 5.32 Å². The van der Waals surface area contributed by atoms with Crippen molar-refractivity contribution in [2.45, 2.75) is 12.8 Å². The summed E-state index contributed by atoms with van der Waals surface area (Å²) >= 11 is 13.7. The van der Waals surface area contributed by atoms with Gasteiger partial charge in [-0.3, -0.25) is 14.5 Å². The molecule has 5 nitrogen and oxygen atoms in total. The smallest absolute Gasteiger partial charge is 0.266 e. The number of aromatic nitrogens is 1. The third-order valence-corrected chi connectivity index (χ3v) is 7.26. The zero-order chi connectivity index (χ0) is 23.4. The van der Waals surface area contributed by atoms with Gasteiger partial charge in [0, 0.05) is 41.0 Å². The number of benzene rings is 2. The highest BCUT2D eigenvalue weighted by Gasteiger charge is 2.32. The molecule has 33 heavy (non-hydrogen) atoms. The summed E-state index contributed by atoms with van der Waals surface area (Å²) < 4.78 is 14.2. The second-order valence-corrected chi connectivity index (χ2v) is 10.3. The van der Waals surface area contributed by atoms with E-state index in [1.807, 2.05) is 24.3 Å². The molecule has 1 aromatic heterocycles. The van der Waals surface area contributed by atoms with E-state index in [-0.39, 0.29) is 24.8 Å². The molecule has 1 aliphatic heterocycles. The van der Waals surface area contributed by atoms with Crippen LogP contribution in [0.15, 0.2) is 59.6 Å². The van der Waals surface area contributed by atoms with Crippen molar-refractivity contribution < 1.29 is 14.0 Å². The molecule has 2 aromatic carbocycles. The van der Waals surface area contributed by atoms with Gasteiger partial charge >= 0.3 is 0 Å². The summed E-state index contributed by atoms with van der Waals surface area (Å²) in [5.41, 5.74) is 1.41. The molecule has 4 rings (SSSR count). The average Bonchev–Trinajstić information content (AvgIpc) is 3.33. The van der Waals surface area contributed by atoms with Gasteiger partial charge in [-0.05, 0) is 29.8 Å². The molecular weight excluding hydrogens is 501 g/mol. The summed E-state index contributed by atoms with van der Waals surface area (Å²) in [5, 5.41) is 3.94. The van der Waals surface area contributed by atoms with Gasteiger partial charge in [-0.15, -0.1) is 11.3 Å². The predicted molar refractivity (Wildman–Crippen MR) is 136 cm³/mol. The van der Waals surface area contributed by atoms with Crippen LogP contribution in [0.5, 0.6) is 0 Å². The van der Waals surface area contributed by atoms with Crippen LogP contribution in [-0.2, 0) is 16.0 Å². The van der Waals surface area contributed by atoms with Crippen molar-refractivity contribution >= 4 is 74.3 Å². The monoisotopic (exact) mass is 517 g/mol. The quantitative estimate of drug-likeness (QED) is 0.319. The third-order valence-electron chi connectivity index (χ3n) is 4.72. The fourth-order valence-electron chi connectivity index (χ4n) is 3.07. The highest BCUT2D eigenvalue weighted by Crippen LogP contribution is 2.33. The van der Waals surface area contributed by atoms with Crippen LogP contribution in [0.25, 0.3) is 6.08 Å². The van der Waals surface area contributed by atoms with E-state index in [4.69, 9.17) is 23.8 Å². The molecule has 1 N–H and O–H groups in total. The van der Waals surface area contributed by atoms with E-state index in [0.29, 0.717) is 31.4 Å². The number of halogens is 2. The van der Waals surface area contributed by atoms with Crippen molar-refractivity contribution in [1.82, 2.24) is 9.88 Å². The Balaban J connectivity index is 1.31. The van der Waals surface area contributed by atoms with Crippen molar-refractivity contribution in [3.8, 4) is 0 Å². The molecule has 1 aliphatic rings. The van der Waals surface area contributed by atoms with Gasteiger partial charge in [0.25, 0.3) is 5.91 Å². The molecule has 0 unspecified atom stereocenters. The van der Waals surface area contributed by atoms with Gasteiger partial charge in [0.05, 0.1) is 4.91 Å². The normalized spacial score (nSPS) is 14.8. The summed E-state index contributed by atoms with van der Waals surface area (Å²) in [6, 6.07) is 13.8. The first kappa shape index (κ1) is 23.6. The van der Waals surface area contributed by atoms with Gasteiger partial charge in [0.15, 0.2) is 5.13 Å². The zero-order valence-electron chi connectivity index (χ0n) is 17.1. The maximum absolute atomic E-state index is 13.9. The van der Waals surface area contributed by atoms with Crippen molar-refractivity contribution in [2.24, 2.45) is 0 Å². The first-order valence-electron chi connectivity index (χ1n) is 9.88. The maximum atomic E-state index is 13.9. The minimum Gasteiger partial charge on any atom is -0.302 e. The molecule has 0 spiro atoms. The molecule has 0 radical (unpaired) electrons. The number of nitrogens with zero attached hydrogens (tertiary/aromatic N) is 2. The molecule has 2 heterocycles. The van der Waals surface area contributed by atoms with Gasteiger partial charge in [0.2, 0.25) is 5.91 Å². The number of hydrogen-bond acceptors (Lipinski definition) is 6. The van der Waals surface area contributed by atoms with E-state index in [0.717, 1.165) is 22.2 Å². The van der Waals surface area contributed by atoms with Gasteiger partial charge in [-0.25, -0.2) is 9.37 Å². The zero-order valence-corrected chi connectivity index (χ0v) is 20.3. The van der Waals surface area contributed by atoms with Crippen molar-refractivity contribution in [3.63, 3.8) is 0 Å². The van der Waals surface area contributed by atoms with Crippen molar-refractivity contribution in [3.05, 3.63) is 86.5 Å². The first-order valence-corrected chi connectivity index (χ1v) is 12.3. The number of carbonyl (C=O) groups excluding carboxylic acids is 2. The molecule has 1 saturated heterocycles. The third kappa shape index (κ3) is 6.05. The second-order valence-electron chi connectivity index (χ2n) is 7.09. The molecule has 0 bridgehead atoms. The Labute approximate surface area is 208 Å². The fourth-order valence-corrected chi connectivity index (χ4v) is 5.36. The Hall–Kier alpha value is -2.59. The van der Waals surface area contributed by atoms with E-state index >= 15 is 0 Å². The summed E-state index contributed by atoms with van der Waals surface area (Å²) in [4.78, 5) is 32.0. The standard InChI is InChI=1S/C23H17ClFN3O2S3/c24-16-7-5-14(6-8-16)11-17-13-26-22(32-17)27-20(29)9-10-28-21(30)19(33-23(28)31)12-15-3-1-2-4-18(15)25/h1-8,12-13H,9-11H2,(H,26,27,29). The molecule has 168 valence electrons. The number of carbonyl (C=O) groups is 2. The molecule has 0 aliphatic carbocycles. The van der Waals surface area contributed by atoms with Crippen LogP contribution in [-0.4, -0.2) is 32.6 Å². The van der Waals surface area contributed by atoms with Crippen LogP contribution < -0.4 is 5.32 Å². The molecule has 10 heteroatoms. The summed E-state index contributed by atoms with van der Waals surface area (Å²) in [6.45, 7) is 0.133. The SMILES string of the molecule is O=C(CCN1C(=O)C(=Cc2ccccc2F)SC1=S)Nc1ncc(Cc2ccc(Cl)cc2)s1. The van der Waals surface area contributed by atoms with Crippen molar-refractivity contribution in [1.29, 1.82) is 0 Å². The number of hydrogen-bond donors (Lipinski definition) is 1. The highest BCUT2D eigenvalue weighted by atomic mass is 35.5. The van der Waals surface area contributed by atoms with Gasteiger partial charge in [-0.2, -0.15) is 0 Å². The minimum atomic E-state index is -0.416. The lowest BCUT2D eigenvalue weighted by molar-refractivity contribution is -0.122. The number of nitrogens with one attached hydrogen (secondary N) is 1. The lowest BCUT2D eigenvalue weighted by Gasteiger charge is -2.13. The Morgan fingerprint density at radius 1 is 1.21 bits per heavy atom. The van der Waals surface area contributed by atoms with Crippen LogP contribution in [0.4, 0.5) is 9.52 Å². The van der Waals surface area contributed by atoms with Gasteiger partial charge in [0.1, 0.15) is 10.1 Å². The topological polar surface area (TPSA) is 62.3 Å². The Morgan fingerprint density at radius 3 is 2.73 bits per heavy atom. The summed E-state index contributed by atoms with van der Waals surface area (Å²) in [6.07, 6.45) is 3.96. The number of thioether (sulfide) groups is 1. The predicted octanol–water partition coefficient (Wildman–Crippen LogP) is 5.76. The summed E-state index contributed by atoms with van der Waals surface area (Å²) in [7, 11) is 0. The Kier molecular flexibility index (Phi) is 7.54. The number of thiazole rings is 1. The molecule has 1 fully saturated rings. The average molecular weight is 518 g/mol. The Bertz CT molecular complexity index is 1240. The summed E-state index contributed by atoms with van der Waals surface area (Å²) in [5.74, 6) is -1.02. The number of anilines is 1. The minimum absolute atomic E-state index is 0.0610. The Morgan fingerprint density at radius 2 is 1.97 bits per heavy atom. The molecule has 0 atom stereocenters. The lowest BCUT2D eigenvalue weighted by atomic mass is 10.1. The van der Waals surface area contributed by atoms with E-state index < -0.39 is 5.82 Å². The van der Waals surface area contributed by atoms with E-state index in [2.05, 4.69) is 10.3 Å². The van der Waals surface area contributed by atoms with Crippen LogP contribution in [0.1, 0.15) is 22.4 Å². The van der Waals surface area contributed by atoms with Gasteiger partial charge in [-0.1, -0.05) is 65.9 Å². The van der Waals surface area contributed by atoms with Crippen molar-refractivity contribution in [2.75, 3.05) is 11.9 Å². The maximum Gasteiger partial charge on any atom is 0.266 e. The second kappa shape index (κ2) is 10.6. The van der Waals surface area contributed by atoms with Crippen LogP contribution in [0.2, 0.25) is 5.02 Å². The van der Waals surface area contributed by atoms with E-state index in [1.165, 1.54) is 28.4 Å². The molecule has 2 amide bonds. The lowest BCUT2D eigenvalue weighted by Crippen LogP contribution is -2.31. The highest BCUT2D eigenvalue weighted by molar-refractivity contribution is 8.26. The van der Waals surface area contributed by atoms with E-state index in [9.17, 15) is 14.0 Å². The van der Waals surface area contributed by atoms with Crippen LogP contribution in [0.3, 0.4) is 0 Å². The first-order chi connectivity index (χ1) is 15.9. The number of rotatable bonds is 7. The number of thiocarbonyl (C=S) groups is 1. The molecule has 3 aromatic rings. The van der Waals surface area contributed by atoms with Crippen LogP contribution >= 0.6 is 46.9 Å². The van der Waals surface area contributed by atoms with Crippen LogP contribution in [0, 0.1) is 5.82 Å². The largest absolute Gasteiger partial charge is 0.302 e. The number of amides is 2. The van der Waals surface area contributed by atoms with E-state index in [1.54, 1.807) is 24.4 Å². The molecule has 0 saturated carbocycles.